The van der Waals surface area contributed by atoms with Gasteiger partial charge in [-0.3, -0.25) is 4.79 Å². The van der Waals surface area contributed by atoms with Crippen LogP contribution >= 0.6 is 0 Å². The fourth-order valence-corrected chi connectivity index (χ4v) is 1.81. The van der Waals surface area contributed by atoms with Crippen LogP contribution in [0, 0.1) is 13.8 Å². The maximum Gasteiger partial charge on any atom is 0.224 e. The number of methoxy groups -OCH3 is 1. The molecule has 0 atom stereocenters. The molecule has 0 heterocycles. The molecule has 1 rings (SSSR count). The van der Waals surface area contributed by atoms with Crippen LogP contribution in [0.1, 0.15) is 24.0 Å². The Morgan fingerprint density at radius 2 is 1.94 bits per heavy atom. The Morgan fingerprint density at radius 1 is 1.35 bits per heavy atom. The lowest BCUT2D eigenvalue weighted by atomic mass is 10.1. The van der Waals surface area contributed by atoms with E-state index in [0.29, 0.717) is 12.8 Å². The zero-order chi connectivity index (χ0) is 12.8. The molecule has 0 aliphatic carbocycles. The number of ether oxygens (including phenoxy) is 1. The Balaban J connectivity index is 2.76. The molecule has 1 aromatic rings. The number of hydrogen-bond acceptors (Lipinski definition) is 3. The predicted octanol–water partition coefficient (Wildman–Crippen LogP) is 2.02. The third kappa shape index (κ3) is 3.75. The van der Waals surface area contributed by atoms with Crippen molar-refractivity contribution in [2.75, 3.05) is 19.0 Å². The minimum Gasteiger partial charge on any atom is -0.496 e. The standard InChI is InChI=1S/C13H19NO3/c1-9-7-11(8-10(2)13(9)17-3)14-12(16)5-4-6-15/h7-8,15H,4-6H2,1-3H3,(H,14,16). The van der Waals surface area contributed by atoms with Crippen LogP contribution in [0.4, 0.5) is 5.69 Å². The SMILES string of the molecule is COc1c(C)cc(NC(=O)CCCO)cc1C. The van der Waals surface area contributed by atoms with Gasteiger partial charge in [0.15, 0.2) is 0 Å². The van der Waals surface area contributed by atoms with Crippen LogP contribution in [0.15, 0.2) is 12.1 Å². The van der Waals surface area contributed by atoms with E-state index < -0.39 is 0 Å². The molecular weight excluding hydrogens is 218 g/mol. The third-order valence-electron chi connectivity index (χ3n) is 2.51. The molecular formula is C13H19NO3. The van der Waals surface area contributed by atoms with E-state index in [0.717, 1.165) is 22.6 Å². The van der Waals surface area contributed by atoms with Gasteiger partial charge >= 0.3 is 0 Å². The summed E-state index contributed by atoms with van der Waals surface area (Å²) in [5.74, 6) is 0.765. The van der Waals surface area contributed by atoms with Crippen molar-refractivity contribution in [3.8, 4) is 5.75 Å². The van der Waals surface area contributed by atoms with Crippen LogP contribution < -0.4 is 10.1 Å². The van der Waals surface area contributed by atoms with E-state index in [4.69, 9.17) is 9.84 Å². The van der Waals surface area contributed by atoms with Gasteiger partial charge in [-0.15, -0.1) is 0 Å². The number of aliphatic hydroxyl groups excluding tert-OH is 1. The first-order chi connectivity index (χ1) is 8.08. The van der Waals surface area contributed by atoms with Gasteiger partial charge in [0, 0.05) is 18.7 Å². The summed E-state index contributed by atoms with van der Waals surface area (Å²) < 4.78 is 5.25. The third-order valence-corrected chi connectivity index (χ3v) is 2.51. The van der Waals surface area contributed by atoms with Gasteiger partial charge in [0.05, 0.1) is 7.11 Å². The highest BCUT2D eigenvalue weighted by atomic mass is 16.5. The Morgan fingerprint density at radius 3 is 2.41 bits per heavy atom. The lowest BCUT2D eigenvalue weighted by molar-refractivity contribution is -0.116. The summed E-state index contributed by atoms with van der Waals surface area (Å²) in [4.78, 5) is 11.5. The maximum absolute atomic E-state index is 11.5. The number of amides is 1. The first kappa shape index (κ1) is 13.5. The van der Waals surface area contributed by atoms with Crippen molar-refractivity contribution < 1.29 is 14.6 Å². The molecule has 4 heteroatoms. The minimum absolute atomic E-state index is 0.0358. The molecule has 0 saturated heterocycles. The second-order valence-corrected chi connectivity index (χ2v) is 4.02. The molecule has 1 aromatic carbocycles. The number of aryl methyl sites for hydroxylation is 2. The van der Waals surface area contributed by atoms with Crippen LogP contribution in [0.2, 0.25) is 0 Å². The smallest absolute Gasteiger partial charge is 0.224 e. The monoisotopic (exact) mass is 237 g/mol. The van der Waals surface area contributed by atoms with Gasteiger partial charge in [0.25, 0.3) is 0 Å². The molecule has 1 amide bonds. The van der Waals surface area contributed by atoms with E-state index in [1.54, 1.807) is 7.11 Å². The summed E-state index contributed by atoms with van der Waals surface area (Å²) in [5.41, 5.74) is 2.75. The van der Waals surface area contributed by atoms with Crippen molar-refractivity contribution in [3.05, 3.63) is 23.3 Å². The Hall–Kier alpha value is -1.55. The zero-order valence-electron chi connectivity index (χ0n) is 10.5. The minimum atomic E-state index is -0.0805. The summed E-state index contributed by atoms with van der Waals surface area (Å²) in [7, 11) is 1.63. The molecule has 17 heavy (non-hydrogen) atoms. The van der Waals surface area contributed by atoms with Gasteiger partial charge < -0.3 is 15.2 Å². The van der Waals surface area contributed by atoms with Crippen molar-refractivity contribution in [2.45, 2.75) is 26.7 Å². The topological polar surface area (TPSA) is 58.6 Å². The number of rotatable bonds is 5. The highest BCUT2D eigenvalue weighted by Gasteiger charge is 2.07. The van der Waals surface area contributed by atoms with Gasteiger partial charge in [-0.05, 0) is 43.5 Å². The van der Waals surface area contributed by atoms with Gasteiger partial charge in [-0.2, -0.15) is 0 Å². The molecule has 0 fully saturated rings. The quantitative estimate of drug-likeness (QED) is 0.823. The number of nitrogens with one attached hydrogen (secondary N) is 1. The lowest BCUT2D eigenvalue weighted by Crippen LogP contribution is -2.12. The van der Waals surface area contributed by atoms with E-state index in [-0.39, 0.29) is 12.5 Å². The molecule has 0 spiro atoms. The Kier molecular flexibility index (Phi) is 4.97. The first-order valence-corrected chi connectivity index (χ1v) is 5.64. The lowest BCUT2D eigenvalue weighted by Gasteiger charge is -2.12. The number of aliphatic hydroxyl groups is 1. The van der Waals surface area contributed by atoms with Gasteiger partial charge in [-0.25, -0.2) is 0 Å². The van der Waals surface area contributed by atoms with Crippen molar-refractivity contribution in [1.82, 2.24) is 0 Å². The summed E-state index contributed by atoms with van der Waals surface area (Å²) in [6, 6.07) is 3.76. The predicted molar refractivity (Wildman–Crippen MR) is 67.4 cm³/mol. The first-order valence-electron chi connectivity index (χ1n) is 5.64. The summed E-state index contributed by atoms with van der Waals surface area (Å²) >= 11 is 0. The Bertz CT molecular complexity index is 379. The van der Waals surface area contributed by atoms with Crippen molar-refractivity contribution in [1.29, 1.82) is 0 Å². The van der Waals surface area contributed by atoms with E-state index in [1.807, 2.05) is 26.0 Å². The Labute approximate surface area is 102 Å². The second kappa shape index (κ2) is 6.25. The molecule has 2 N–H and O–H groups in total. The summed E-state index contributed by atoms with van der Waals surface area (Å²) in [5, 5.41) is 11.4. The average molecular weight is 237 g/mol. The number of anilines is 1. The van der Waals surface area contributed by atoms with E-state index in [1.165, 1.54) is 0 Å². The van der Waals surface area contributed by atoms with Gasteiger partial charge in [0.2, 0.25) is 5.91 Å². The zero-order valence-corrected chi connectivity index (χ0v) is 10.5. The van der Waals surface area contributed by atoms with Crippen LogP contribution in [0.5, 0.6) is 5.75 Å². The van der Waals surface area contributed by atoms with Crippen LogP contribution in [-0.4, -0.2) is 24.7 Å². The number of carbonyl (C=O) groups excluding carboxylic acids is 1. The fraction of sp³-hybridized carbons (Fsp3) is 0.462. The maximum atomic E-state index is 11.5. The molecule has 0 unspecified atom stereocenters. The second-order valence-electron chi connectivity index (χ2n) is 4.02. The van der Waals surface area contributed by atoms with Crippen molar-refractivity contribution >= 4 is 11.6 Å². The molecule has 0 aromatic heterocycles. The highest BCUT2D eigenvalue weighted by Crippen LogP contribution is 2.26. The van der Waals surface area contributed by atoms with E-state index in [2.05, 4.69) is 5.32 Å². The van der Waals surface area contributed by atoms with Gasteiger partial charge in [0.1, 0.15) is 5.75 Å². The normalized spacial score (nSPS) is 10.1. The fourth-order valence-electron chi connectivity index (χ4n) is 1.81. The molecule has 0 radical (unpaired) electrons. The highest BCUT2D eigenvalue weighted by molar-refractivity contribution is 5.91. The summed E-state index contributed by atoms with van der Waals surface area (Å²) in [6.45, 7) is 3.92. The summed E-state index contributed by atoms with van der Waals surface area (Å²) in [6.07, 6.45) is 0.820. The van der Waals surface area contributed by atoms with Gasteiger partial charge in [-0.1, -0.05) is 0 Å². The van der Waals surface area contributed by atoms with Crippen molar-refractivity contribution in [3.63, 3.8) is 0 Å². The molecule has 0 bridgehead atoms. The number of benzene rings is 1. The largest absolute Gasteiger partial charge is 0.496 e. The molecule has 0 aliphatic heterocycles. The molecule has 94 valence electrons. The van der Waals surface area contributed by atoms with Crippen molar-refractivity contribution in [2.24, 2.45) is 0 Å². The van der Waals surface area contributed by atoms with Crippen LogP contribution in [0.25, 0.3) is 0 Å². The molecule has 4 nitrogen and oxygen atoms in total. The molecule has 0 aliphatic rings. The van der Waals surface area contributed by atoms with E-state index >= 15 is 0 Å². The number of hydrogen-bond donors (Lipinski definition) is 2. The average Bonchev–Trinajstić information content (AvgIpc) is 2.26. The molecule has 0 saturated carbocycles. The van der Waals surface area contributed by atoms with Crippen LogP contribution in [-0.2, 0) is 4.79 Å². The number of carbonyl (C=O) groups is 1. The van der Waals surface area contributed by atoms with Crippen LogP contribution in [0.3, 0.4) is 0 Å². The van der Waals surface area contributed by atoms with E-state index in [9.17, 15) is 4.79 Å².